The van der Waals surface area contributed by atoms with E-state index in [9.17, 15) is 9.59 Å². The highest BCUT2D eigenvalue weighted by Gasteiger charge is 2.36. The summed E-state index contributed by atoms with van der Waals surface area (Å²) in [5, 5.41) is 3.56. The first-order chi connectivity index (χ1) is 13.0. The van der Waals surface area contributed by atoms with Gasteiger partial charge in [0.2, 0.25) is 18.6 Å². The number of nitrogens with one attached hydrogen (secondary N) is 1. The monoisotopic (exact) mass is 406 g/mol. The van der Waals surface area contributed by atoms with E-state index in [0.29, 0.717) is 33.8 Å². The minimum atomic E-state index is -0.443. The third-order valence-electron chi connectivity index (χ3n) is 4.62. The predicted octanol–water partition coefficient (Wildman–Crippen LogP) is 3.39. The molecule has 2 aliphatic heterocycles. The zero-order valence-corrected chi connectivity index (χ0v) is 15.7. The fourth-order valence-corrected chi connectivity index (χ4v) is 3.60. The summed E-state index contributed by atoms with van der Waals surface area (Å²) in [6, 6.07) is 10.6. The molecule has 0 aliphatic carbocycles. The number of halogens is 2. The molecule has 2 amide bonds. The van der Waals surface area contributed by atoms with Crippen LogP contribution in [0.15, 0.2) is 36.4 Å². The summed E-state index contributed by atoms with van der Waals surface area (Å²) in [5.74, 6) is 0.589. The van der Waals surface area contributed by atoms with Crippen LogP contribution in [-0.2, 0) is 16.1 Å². The minimum Gasteiger partial charge on any atom is -0.454 e. The van der Waals surface area contributed by atoms with Crippen molar-refractivity contribution >= 4 is 40.7 Å². The van der Waals surface area contributed by atoms with Gasteiger partial charge in [0.25, 0.3) is 0 Å². The average Bonchev–Trinajstić information content (AvgIpc) is 3.28. The molecule has 140 valence electrons. The van der Waals surface area contributed by atoms with Crippen LogP contribution in [0, 0.1) is 5.92 Å². The molecule has 1 N–H and O–H groups in total. The third-order valence-corrected chi connectivity index (χ3v) is 5.43. The van der Waals surface area contributed by atoms with Crippen molar-refractivity contribution in [1.29, 1.82) is 0 Å². The Hall–Kier alpha value is -2.44. The van der Waals surface area contributed by atoms with Crippen LogP contribution in [0.2, 0.25) is 10.0 Å². The van der Waals surface area contributed by atoms with Crippen molar-refractivity contribution in [1.82, 2.24) is 5.32 Å². The maximum Gasteiger partial charge on any atom is 0.231 e. The number of fused-ring (bicyclic) bond motifs is 1. The minimum absolute atomic E-state index is 0.135. The number of benzene rings is 2. The summed E-state index contributed by atoms with van der Waals surface area (Å²) in [5.41, 5.74) is 1.42. The molecule has 2 aliphatic rings. The van der Waals surface area contributed by atoms with E-state index in [1.54, 1.807) is 18.2 Å². The molecular formula is C19H16Cl2N2O4. The second kappa shape index (κ2) is 7.29. The zero-order chi connectivity index (χ0) is 19.0. The van der Waals surface area contributed by atoms with Crippen molar-refractivity contribution in [3.05, 3.63) is 52.0 Å². The van der Waals surface area contributed by atoms with Gasteiger partial charge in [-0.05, 0) is 29.8 Å². The van der Waals surface area contributed by atoms with Crippen LogP contribution < -0.4 is 19.7 Å². The highest BCUT2D eigenvalue weighted by molar-refractivity contribution is 6.44. The second-order valence-corrected chi connectivity index (χ2v) is 7.17. The van der Waals surface area contributed by atoms with E-state index in [-0.39, 0.29) is 31.6 Å². The van der Waals surface area contributed by atoms with Crippen molar-refractivity contribution in [3.8, 4) is 11.5 Å². The van der Waals surface area contributed by atoms with E-state index in [1.165, 1.54) is 4.90 Å². The van der Waals surface area contributed by atoms with Gasteiger partial charge in [-0.2, -0.15) is 0 Å². The van der Waals surface area contributed by atoms with E-state index >= 15 is 0 Å². The van der Waals surface area contributed by atoms with Crippen LogP contribution in [0.5, 0.6) is 11.5 Å². The van der Waals surface area contributed by atoms with Gasteiger partial charge in [-0.3, -0.25) is 9.59 Å². The maximum atomic E-state index is 12.5. The molecule has 2 aromatic rings. The van der Waals surface area contributed by atoms with Gasteiger partial charge >= 0.3 is 0 Å². The summed E-state index contributed by atoms with van der Waals surface area (Å²) in [6.45, 7) is 0.821. The Morgan fingerprint density at radius 1 is 1.19 bits per heavy atom. The molecule has 0 unspecified atom stereocenters. The van der Waals surface area contributed by atoms with E-state index in [1.807, 2.05) is 18.2 Å². The van der Waals surface area contributed by atoms with Gasteiger partial charge in [-0.15, -0.1) is 0 Å². The number of anilines is 1. The van der Waals surface area contributed by atoms with Crippen molar-refractivity contribution in [2.24, 2.45) is 5.92 Å². The molecule has 27 heavy (non-hydrogen) atoms. The standard InChI is InChI=1S/C19H16Cl2N2O4/c20-13-2-1-3-14(18(13)21)23-9-12(7-17(23)24)19(25)22-8-11-4-5-15-16(6-11)27-10-26-15/h1-6,12H,7-10H2,(H,22,25)/t12-/m0/s1. The Balaban J connectivity index is 1.40. The molecule has 2 aromatic carbocycles. The van der Waals surface area contributed by atoms with E-state index in [0.717, 1.165) is 5.56 Å². The lowest BCUT2D eigenvalue weighted by atomic mass is 10.1. The van der Waals surface area contributed by atoms with E-state index in [2.05, 4.69) is 5.32 Å². The fourth-order valence-electron chi connectivity index (χ4n) is 3.20. The molecule has 0 bridgehead atoms. The lowest BCUT2D eigenvalue weighted by Gasteiger charge is -2.18. The molecule has 0 spiro atoms. The van der Waals surface area contributed by atoms with Gasteiger partial charge < -0.3 is 19.7 Å². The molecular weight excluding hydrogens is 391 g/mol. The number of amides is 2. The number of ether oxygens (including phenoxy) is 2. The van der Waals surface area contributed by atoms with Crippen LogP contribution >= 0.6 is 23.2 Å². The Morgan fingerprint density at radius 3 is 2.85 bits per heavy atom. The average molecular weight is 407 g/mol. The molecule has 0 aromatic heterocycles. The lowest BCUT2D eigenvalue weighted by molar-refractivity contribution is -0.126. The summed E-state index contributed by atoms with van der Waals surface area (Å²) in [6.07, 6.45) is 0.135. The molecule has 6 nitrogen and oxygen atoms in total. The van der Waals surface area contributed by atoms with Crippen LogP contribution in [0.3, 0.4) is 0 Å². The first-order valence-electron chi connectivity index (χ1n) is 8.43. The Labute approximate surface area is 165 Å². The van der Waals surface area contributed by atoms with Crippen molar-refractivity contribution < 1.29 is 19.1 Å². The van der Waals surface area contributed by atoms with Crippen LogP contribution in [-0.4, -0.2) is 25.2 Å². The van der Waals surface area contributed by atoms with E-state index in [4.69, 9.17) is 32.7 Å². The summed E-state index contributed by atoms with van der Waals surface area (Å²) < 4.78 is 10.6. The van der Waals surface area contributed by atoms with Gasteiger partial charge in [-0.25, -0.2) is 0 Å². The van der Waals surface area contributed by atoms with Crippen molar-refractivity contribution in [3.63, 3.8) is 0 Å². The smallest absolute Gasteiger partial charge is 0.231 e. The van der Waals surface area contributed by atoms with Gasteiger partial charge in [0.15, 0.2) is 11.5 Å². The summed E-state index contributed by atoms with van der Waals surface area (Å²) >= 11 is 12.2. The maximum absolute atomic E-state index is 12.5. The molecule has 0 radical (unpaired) electrons. The van der Waals surface area contributed by atoms with Crippen LogP contribution in [0.25, 0.3) is 0 Å². The normalized spacial score (nSPS) is 18.1. The number of rotatable bonds is 4. The molecule has 1 saturated heterocycles. The van der Waals surface area contributed by atoms with Crippen molar-refractivity contribution in [2.75, 3.05) is 18.2 Å². The number of carbonyl (C=O) groups excluding carboxylic acids is 2. The number of hydrogen-bond acceptors (Lipinski definition) is 4. The van der Waals surface area contributed by atoms with Gasteiger partial charge in [0.1, 0.15) is 0 Å². The highest BCUT2D eigenvalue weighted by atomic mass is 35.5. The fraction of sp³-hybridized carbons (Fsp3) is 0.263. The van der Waals surface area contributed by atoms with Crippen LogP contribution in [0.1, 0.15) is 12.0 Å². The third kappa shape index (κ3) is 3.55. The predicted molar refractivity (Wildman–Crippen MR) is 101 cm³/mol. The molecule has 1 atom stereocenters. The Bertz CT molecular complexity index is 919. The quantitative estimate of drug-likeness (QED) is 0.844. The molecule has 1 fully saturated rings. The van der Waals surface area contributed by atoms with Gasteiger partial charge in [-0.1, -0.05) is 35.3 Å². The van der Waals surface area contributed by atoms with E-state index < -0.39 is 5.92 Å². The largest absolute Gasteiger partial charge is 0.454 e. The molecule has 8 heteroatoms. The molecule has 4 rings (SSSR count). The molecule has 0 saturated carbocycles. The Kier molecular flexibility index (Phi) is 4.85. The second-order valence-electron chi connectivity index (χ2n) is 6.38. The first-order valence-corrected chi connectivity index (χ1v) is 9.19. The topological polar surface area (TPSA) is 67.9 Å². The van der Waals surface area contributed by atoms with Gasteiger partial charge in [0, 0.05) is 19.5 Å². The van der Waals surface area contributed by atoms with Gasteiger partial charge in [0.05, 0.1) is 21.7 Å². The highest BCUT2D eigenvalue weighted by Crippen LogP contribution is 2.36. The number of hydrogen-bond donors (Lipinski definition) is 1. The number of carbonyl (C=O) groups is 2. The summed E-state index contributed by atoms with van der Waals surface area (Å²) in [7, 11) is 0. The summed E-state index contributed by atoms with van der Waals surface area (Å²) in [4.78, 5) is 26.4. The number of nitrogens with zero attached hydrogens (tertiary/aromatic N) is 1. The lowest BCUT2D eigenvalue weighted by Crippen LogP contribution is -2.32. The zero-order valence-electron chi connectivity index (χ0n) is 14.2. The Morgan fingerprint density at radius 2 is 2.00 bits per heavy atom. The SMILES string of the molecule is O=C(NCc1ccc2c(c1)OCO2)[C@H]1CC(=O)N(c2cccc(Cl)c2Cl)C1. The molecule has 2 heterocycles. The van der Waals surface area contributed by atoms with Crippen molar-refractivity contribution in [2.45, 2.75) is 13.0 Å². The first kappa shape index (κ1) is 17.9. The van der Waals surface area contributed by atoms with Crippen LogP contribution in [0.4, 0.5) is 5.69 Å².